The summed E-state index contributed by atoms with van der Waals surface area (Å²) >= 11 is 0. The van der Waals surface area contributed by atoms with Crippen molar-refractivity contribution >= 4 is 42.4 Å². The molecule has 1 aliphatic heterocycles. The van der Waals surface area contributed by atoms with Gasteiger partial charge in [-0.25, -0.2) is 14.5 Å². The van der Waals surface area contributed by atoms with Crippen LogP contribution in [0.25, 0.3) is 0 Å². The first-order valence-electron chi connectivity index (χ1n) is 14.4. The van der Waals surface area contributed by atoms with E-state index in [9.17, 15) is 19.2 Å². The predicted molar refractivity (Wildman–Crippen MR) is 164 cm³/mol. The monoisotopic (exact) mass is 595 g/mol. The summed E-state index contributed by atoms with van der Waals surface area (Å²) in [6, 6.07) is 18.8. The lowest BCUT2D eigenvalue weighted by Gasteiger charge is -2.42. The summed E-state index contributed by atoms with van der Waals surface area (Å²) in [5.74, 6) is -2.50. The van der Waals surface area contributed by atoms with E-state index in [1.54, 1.807) is 41.5 Å². The average Bonchev–Trinajstić information content (AvgIpc) is 3.19. The van der Waals surface area contributed by atoms with Crippen LogP contribution in [0.1, 0.15) is 75.2 Å². The number of esters is 1. The molecule has 3 rings (SSSR count). The maximum Gasteiger partial charge on any atom is 0.417 e. The highest BCUT2D eigenvalue weighted by Crippen LogP contribution is 2.37. The molecule has 2 atom stereocenters. The van der Waals surface area contributed by atoms with Crippen LogP contribution in [-0.4, -0.2) is 60.8 Å². The summed E-state index contributed by atoms with van der Waals surface area (Å²) in [4.78, 5) is 53.9. The first-order chi connectivity index (χ1) is 19.4. The third-order valence-electron chi connectivity index (χ3n) is 7.02. The Labute approximate surface area is 250 Å². The number of carbonyl (C=O) groups is 4. The van der Waals surface area contributed by atoms with Gasteiger partial charge in [0.2, 0.25) is 5.91 Å². The molecule has 8 nitrogen and oxygen atoms in total. The summed E-state index contributed by atoms with van der Waals surface area (Å²) in [5.41, 5.74) is -1.70. The standard InChI is InChI=1S/C33H45NO7Si/c1-31(2,3)40-29(37)27-21-23(28(36)34(27)30(38)41-32(4,5)6)20-24(35)22-39-42(33(7,8)9,25-16-12-10-13-17-25)26-18-14-11-15-19-26/h10-19,23,27H,20-22H2,1-9H3/t23-,27+/m1/s1. The van der Waals surface area contributed by atoms with Gasteiger partial charge in [-0.3, -0.25) is 9.59 Å². The average molecular weight is 596 g/mol. The Bertz CT molecular complexity index is 1230. The van der Waals surface area contributed by atoms with Crippen molar-refractivity contribution in [2.24, 2.45) is 5.92 Å². The largest absolute Gasteiger partial charge is 0.458 e. The molecule has 2 aromatic carbocycles. The van der Waals surface area contributed by atoms with E-state index in [4.69, 9.17) is 13.9 Å². The second-order valence-electron chi connectivity index (χ2n) is 13.9. The zero-order valence-electron chi connectivity index (χ0n) is 26.4. The van der Waals surface area contributed by atoms with Crippen LogP contribution in [0.4, 0.5) is 4.79 Å². The zero-order chi connectivity index (χ0) is 31.5. The Morgan fingerprint density at radius 2 is 1.26 bits per heavy atom. The quantitative estimate of drug-likeness (QED) is 0.312. The van der Waals surface area contributed by atoms with Crippen molar-refractivity contribution in [3.8, 4) is 0 Å². The summed E-state index contributed by atoms with van der Waals surface area (Å²) in [5, 5.41) is 1.75. The molecular formula is C33H45NO7Si. The first kappa shape index (κ1) is 33.2. The number of amides is 2. The van der Waals surface area contributed by atoms with E-state index in [2.05, 4.69) is 20.8 Å². The van der Waals surface area contributed by atoms with E-state index < -0.39 is 49.4 Å². The molecule has 0 saturated carbocycles. The number of Topliss-reactive ketones (excluding diaryl/α,β-unsaturated/α-hetero) is 1. The molecule has 0 aromatic heterocycles. The molecule has 9 heteroatoms. The topological polar surface area (TPSA) is 99.2 Å². The molecule has 0 spiro atoms. The van der Waals surface area contributed by atoms with Gasteiger partial charge in [0.1, 0.15) is 17.2 Å². The van der Waals surface area contributed by atoms with Crippen LogP contribution >= 0.6 is 0 Å². The Morgan fingerprint density at radius 3 is 1.69 bits per heavy atom. The molecular weight excluding hydrogens is 550 g/mol. The number of benzene rings is 2. The Balaban J connectivity index is 1.87. The zero-order valence-corrected chi connectivity index (χ0v) is 27.4. The molecule has 228 valence electrons. The van der Waals surface area contributed by atoms with Crippen molar-refractivity contribution in [3.63, 3.8) is 0 Å². The minimum absolute atomic E-state index is 0.0298. The normalized spacial score (nSPS) is 18.1. The molecule has 0 N–H and O–H groups in total. The van der Waals surface area contributed by atoms with Crippen molar-refractivity contribution in [1.82, 2.24) is 4.90 Å². The summed E-state index contributed by atoms with van der Waals surface area (Å²) in [7, 11) is -2.97. The number of rotatable bonds is 8. The highest BCUT2D eigenvalue weighted by atomic mass is 28.4. The van der Waals surface area contributed by atoms with Gasteiger partial charge in [-0.2, -0.15) is 0 Å². The van der Waals surface area contributed by atoms with Gasteiger partial charge < -0.3 is 13.9 Å². The molecule has 1 fully saturated rings. The maximum absolute atomic E-state index is 13.5. The highest BCUT2D eigenvalue weighted by molar-refractivity contribution is 6.99. The van der Waals surface area contributed by atoms with E-state index in [-0.39, 0.29) is 30.3 Å². The Morgan fingerprint density at radius 1 is 0.786 bits per heavy atom. The molecule has 0 unspecified atom stereocenters. The molecule has 1 saturated heterocycles. The smallest absolute Gasteiger partial charge is 0.417 e. The Kier molecular flexibility index (Phi) is 9.89. The molecule has 0 aliphatic carbocycles. The van der Waals surface area contributed by atoms with Gasteiger partial charge in [-0.1, -0.05) is 81.4 Å². The van der Waals surface area contributed by atoms with Gasteiger partial charge in [0.15, 0.2) is 5.78 Å². The molecule has 1 aliphatic rings. The van der Waals surface area contributed by atoms with E-state index in [1.165, 1.54) is 0 Å². The van der Waals surface area contributed by atoms with Gasteiger partial charge in [0.05, 0.1) is 6.61 Å². The molecule has 2 amide bonds. The number of hydrogen-bond donors (Lipinski definition) is 0. The molecule has 2 aromatic rings. The molecule has 0 bridgehead atoms. The van der Waals surface area contributed by atoms with Crippen LogP contribution in [0.3, 0.4) is 0 Å². The van der Waals surface area contributed by atoms with Gasteiger partial charge >= 0.3 is 12.1 Å². The van der Waals surface area contributed by atoms with E-state index in [0.717, 1.165) is 15.3 Å². The number of ether oxygens (including phenoxy) is 2. The van der Waals surface area contributed by atoms with Gasteiger partial charge in [-0.05, 0) is 63.4 Å². The first-order valence-corrected chi connectivity index (χ1v) is 16.3. The van der Waals surface area contributed by atoms with Crippen molar-refractivity contribution in [3.05, 3.63) is 60.7 Å². The summed E-state index contributed by atoms with van der Waals surface area (Å²) in [6.45, 7) is 16.3. The fourth-order valence-corrected chi connectivity index (χ4v) is 9.91. The predicted octanol–water partition coefficient (Wildman–Crippen LogP) is 5.02. The van der Waals surface area contributed by atoms with Crippen LogP contribution in [0, 0.1) is 5.92 Å². The van der Waals surface area contributed by atoms with Gasteiger partial charge in [0, 0.05) is 12.3 Å². The van der Waals surface area contributed by atoms with Crippen LogP contribution in [0.15, 0.2) is 60.7 Å². The fourth-order valence-electron chi connectivity index (χ4n) is 5.38. The van der Waals surface area contributed by atoms with Crippen LogP contribution in [0.2, 0.25) is 5.04 Å². The van der Waals surface area contributed by atoms with Crippen molar-refractivity contribution in [2.45, 2.75) is 97.4 Å². The lowest BCUT2D eigenvalue weighted by molar-refractivity contribution is -0.161. The number of imide groups is 1. The molecule has 42 heavy (non-hydrogen) atoms. The summed E-state index contributed by atoms with van der Waals surface area (Å²) in [6.07, 6.45) is -1.13. The van der Waals surface area contributed by atoms with E-state index in [1.807, 2.05) is 60.7 Å². The number of likely N-dealkylation sites (tertiary alicyclic amines) is 1. The second kappa shape index (κ2) is 12.5. The molecule has 0 radical (unpaired) electrons. The lowest BCUT2D eigenvalue weighted by Crippen LogP contribution is -2.67. The Hall–Kier alpha value is -3.30. The van der Waals surface area contributed by atoms with Crippen LogP contribution < -0.4 is 10.4 Å². The van der Waals surface area contributed by atoms with Crippen LogP contribution in [-0.2, 0) is 28.3 Å². The summed E-state index contributed by atoms with van der Waals surface area (Å²) < 4.78 is 17.7. The minimum Gasteiger partial charge on any atom is -0.458 e. The van der Waals surface area contributed by atoms with Crippen molar-refractivity contribution < 1.29 is 33.1 Å². The highest BCUT2D eigenvalue weighted by Gasteiger charge is 2.52. The van der Waals surface area contributed by atoms with Gasteiger partial charge in [-0.15, -0.1) is 0 Å². The van der Waals surface area contributed by atoms with Crippen molar-refractivity contribution in [1.29, 1.82) is 0 Å². The van der Waals surface area contributed by atoms with Crippen LogP contribution in [0.5, 0.6) is 0 Å². The third kappa shape index (κ3) is 7.75. The maximum atomic E-state index is 13.5. The second-order valence-corrected chi connectivity index (χ2v) is 18.2. The fraction of sp³-hybridized carbons (Fsp3) is 0.515. The number of carbonyl (C=O) groups excluding carboxylic acids is 4. The van der Waals surface area contributed by atoms with Crippen molar-refractivity contribution in [2.75, 3.05) is 6.61 Å². The number of ketones is 1. The van der Waals surface area contributed by atoms with E-state index in [0.29, 0.717) is 0 Å². The SMILES string of the molecule is CC(C)(C)OC(=O)[C@@H]1C[C@@H](CC(=O)CO[Si](c2ccccc2)(c2ccccc2)C(C)(C)C)C(=O)N1C(=O)OC(C)(C)C. The third-order valence-corrected chi connectivity index (χ3v) is 12.0. The minimum atomic E-state index is -2.97. The lowest BCUT2D eigenvalue weighted by atomic mass is 9.99. The number of nitrogens with zero attached hydrogens (tertiary/aromatic N) is 1. The molecule has 1 heterocycles. The van der Waals surface area contributed by atoms with Gasteiger partial charge in [0.25, 0.3) is 8.32 Å². The number of hydrogen-bond acceptors (Lipinski definition) is 7. The van der Waals surface area contributed by atoms with E-state index >= 15 is 0 Å².